The Morgan fingerprint density at radius 3 is 1.69 bits per heavy atom. The highest BCUT2D eigenvalue weighted by atomic mass is 31.2. The highest BCUT2D eigenvalue weighted by Gasteiger charge is 2.51. The van der Waals surface area contributed by atoms with Gasteiger partial charge in [-0.15, -0.1) is 0 Å². The molecule has 0 aromatic carbocycles. The zero-order chi connectivity index (χ0) is 38.8. The average molecular weight is 764 g/mol. The second kappa shape index (κ2) is 28.9. The van der Waals surface area contributed by atoms with E-state index in [1.54, 1.807) is 6.08 Å². The van der Waals surface area contributed by atoms with E-state index in [1.165, 1.54) is 57.4 Å². The molecule has 0 heterocycles. The van der Waals surface area contributed by atoms with E-state index in [-0.39, 0.29) is 6.42 Å². The summed E-state index contributed by atoms with van der Waals surface area (Å²) in [5, 5.41) is 73.9. The van der Waals surface area contributed by atoms with E-state index in [1.807, 2.05) is 6.08 Å². The van der Waals surface area contributed by atoms with Crippen molar-refractivity contribution in [1.29, 1.82) is 0 Å². The van der Waals surface area contributed by atoms with Crippen molar-refractivity contribution in [3.8, 4) is 0 Å². The number of phosphoric acid groups is 1. The highest BCUT2D eigenvalue weighted by Crippen LogP contribution is 2.47. The maximum Gasteiger partial charge on any atom is 0.472 e. The van der Waals surface area contributed by atoms with Crippen LogP contribution in [0.3, 0.4) is 0 Å². The number of nitrogens with one attached hydrogen (secondary N) is 1. The fourth-order valence-corrected chi connectivity index (χ4v) is 6.88. The van der Waals surface area contributed by atoms with Crippen LogP contribution < -0.4 is 5.32 Å². The van der Waals surface area contributed by atoms with Gasteiger partial charge in [-0.2, -0.15) is 0 Å². The Kier molecular flexibility index (Phi) is 27.0. The minimum absolute atomic E-state index is 0.256. The number of hydrogen-bond donors (Lipinski definition) is 9. The molecule has 0 bridgehead atoms. The lowest BCUT2D eigenvalue weighted by Crippen LogP contribution is -2.64. The first-order chi connectivity index (χ1) is 24.8. The molecule has 1 rings (SSSR count). The number of hydrogen-bond acceptors (Lipinski definition) is 11. The fourth-order valence-electron chi connectivity index (χ4n) is 5.92. The van der Waals surface area contributed by atoms with Crippen LogP contribution in [0.1, 0.15) is 136 Å². The summed E-state index contributed by atoms with van der Waals surface area (Å²) >= 11 is 0. The van der Waals surface area contributed by atoms with Crippen LogP contribution in [0.25, 0.3) is 0 Å². The maximum absolute atomic E-state index is 12.9. The van der Waals surface area contributed by atoms with Crippen LogP contribution >= 0.6 is 7.82 Å². The summed E-state index contributed by atoms with van der Waals surface area (Å²) in [4.78, 5) is 23.2. The smallest absolute Gasteiger partial charge is 0.393 e. The molecule has 52 heavy (non-hydrogen) atoms. The zero-order valence-electron chi connectivity index (χ0n) is 31.5. The summed E-state index contributed by atoms with van der Waals surface area (Å²) in [5.41, 5.74) is 0. The van der Waals surface area contributed by atoms with E-state index < -0.39 is 75.2 Å². The van der Waals surface area contributed by atoms with Crippen molar-refractivity contribution in [3.63, 3.8) is 0 Å². The number of phosphoric ester groups is 1. The minimum atomic E-state index is -5.14. The van der Waals surface area contributed by atoms with Crippen LogP contribution in [-0.2, 0) is 18.4 Å². The first-order valence-electron chi connectivity index (χ1n) is 19.5. The number of allylic oxidation sites excluding steroid dienone is 5. The van der Waals surface area contributed by atoms with E-state index in [2.05, 4.69) is 37.4 Å². The van der Waals surface area contributed by atoms with E-state index in [4.69, 9.17) is 9.05 Å². The van der Waals surface area contributed by atoms with Gasteiger partial charge >= 0.3 is 7.82 Å². The van der Waals surface area contributed by atoms with Crippen LogP contribution in [-0.4, -0.2) is 108 Å². The van der Waals surface area contributed by atoms with E-state index in [0.717, 1.165) is 44.9 Å². The predicted molar refractivity (Wildman–Crippen MR) is 201 cm³/mol. The van der Waals surface area contributed by atoms with Gasteiger partial charge in [-0.3, -0.25) is 13.8 Å². The van der Waals surface area contributed by atoms with Crippen molar-refractivity contribution >= 4 is 13.7 Å². The standard InChI is InChI=1S/C38H70NO12P/c1-3-5-7-9-11-13-14-15-16-17-18-20-22-24-26-31(41)30(39-32(42)27-29(40)25-23-21-19-12-10-8-6-4-2)28-50-52(48,49)51-38-36(46)34(44)33(43)35(45)37(38)47/h13-14,17-18,24,26,29-31,33-38,40-41,43-47H,3-12,15-16,19-23,25,27-28H2,1-2H3,(H,39,42)(H,48,49)/b14-13+,18-17+,26-24+. The Morgan fingerprint density at radius 1 is 0.673 bits per heavy atom. The third kappa shape index (κ3) is 21.4. The Morgan fingerprint density at radius 2 is 1.13 bits per heavy atom. The lowest BCUT2D eigenvalue weighted by Gasteiger charge is -2.41. The molecule has 0 spiro atoms. The SMILES string of the molecule is CCCCCC/C=C/CC/C=C/CC/C=C/C(O)C(COP(=O)(O)OC1C(O)C(O)C(O)C(O)C1O)NC(=O)CC(O)CCCCCCCCCC. The first-order valence-corrected chi connectivity index (χ1v) is 21.0. The van der Waals surface area contributed by atoms with Gasteiger partial charge < -0.3 is 46.0 Å². The van der Waals surface area contributed by atoms with Crippen LogP contribution in [0, 0.1) is 0 Å². The summed E-state index contributed by atoms with van der Waals surface area (Å²) in [6.45, 7) is 3.62. The molecule has 0 saturated heterocycles. The van der Waals surface area contributed by atoms with E-state index in [0.29, 0.717) is 19.3 Å². The lowest BCUT2D eigenvalue weighted by molar-refractivity contribution is -0.220. The molecule has 14 heteroatoms. The highest BCUT2D eigenvalue weighted by molar-refractivity contribution is 7.47. The number of carbonyl (C=O) groups excluding carboxylic acids is 1. The summed E-state index contributed by atoms with van der Waals surface area (Å²) in [6, 6.07) is -1.26. The second-order valence-electron chi connectivity index (χ2n) is 13.9. The second-order valence-corrected chi connectivity index (χ2v) is 15.4. The van der Waals surface area contributed by atoms with Crippen LogP contribution in [0.2, 0.25) is 0 Å². The zero-order valence-corrected chi connectivity index (χ0v) is 32.4. The largest absolute Gasteiger partial charge is 0.472 e. The molecule has 0 aliphatic heterocycles. The third-order valence-electron chi connectivity index (χ3n) is 9.21. The van der Waals surface area contributed by atoms with Gasteiger partial charge in [0.2, 0.25) is 5.91 Å². The topological polar surface area (TPSA) is 226 Å². The number of carbonyl (C=O) groups is 1. The summed E-state index contributed by atoms with van der Waals surface area (Å²) in [6.07, 6.45) is 15.6. The quantitative estimate of drug-likeness (QED) is 0.0277. The van der Waals surface area contributed by atoms with E-state index in [9.17, 15) is 50.0 Å². The minimum Gasteiger partial charge on any atom is -0.393 e. The van der Waals surface area contributed by atoms with Gasteiger partial charge in [-0.25, -0.2) is 4.57 Å². The molecule has 304 valence electrons. The van der Waals surface area contributed by atoms with Crippen LogP contribution in [0.4, 0.5) is 0 Å². The average Bonchev–Trinajstić information content (AvgIpc) is 3.11. The molecule has 1 aliphatic rings. The summed E-state index contributed by atoms with van der Waals surface area (Å²) in [5.74, 6) is -0.613. The van der Waals surface area contributed by atoms with Crippen molar-refractivity contribution in [2.45, 2.75) is 191 Å². The maximum atomic E-state index is 12.9. The third-order valence-corrected chi connectivity index (χ3v) is 10.2. The molecule has 13 nitrogen and oxygen atoms in total. The lowest BCUT2D eigenvalue weighted by atomic mass is 9.85. The number of unbranched alkanes of at least 4 members (excludes halogenated alkanes) is 13. The molecule has 8 unspecified atom stereocenters. The van der Waals surface area contributed by atoms with Crippen LogP contribution in [0.5, 0.6) is 0 Å². The van der Waals surface area contributed by atoms with Gasteiger partial charge in [-0.1, -0.05) is 121 Å². The van der Waals surface area contributed by atoms with Gasteiger partial charge in [0.1, 0.15) is 36.6 Å². The molecular formula is C38H70NO12P. The number of rotatable bonds is 30. The molecule has 0 aromatic rings. The Balaban J connectivity index is 2.71. The van der Waals surface area contributed by atoms with Gasteiger partial charge in [-0.05, 0) is 44.9 Å². The molecule has 1 saturated carbocycles. The van der Waals surface area contributed by atoms with Crippen molar-refractivity contribution in [3.05, 3.63) is 36.5 Å². The van der Waals surface area contributed by atoms with Gasteiger partial charge in [0, 0.05) is 0 Å². The number of amides is 1. The molecule has 0 radical (unpaired) electrons. The predicted octanol–water partition coefficient (Wildman–Crippen LogP) is 4.63. The molecule has 1 amide bonds. The van der Waals surface area contributed by atoms with Crippen molar-refractivity contribution < 1.29 is 59.0 Å². The molecule has 1 aliphatic carbocycles. The van der Waals surface area contributed by atoms with Crippen molar-refractivity contribution in [2.75, 3.05) is 6.61 Å². The summed E-state index contributed by atoms with van der Waals surface area (Å²) in [7, 11) is -5.14. The van der Waals surface area contributed by atoms with Gasteiger partial charge in [0.05, 0.1) is 31.3 Å². The van der Waals surface area contributed by atoms with Crippen molar-refractivity contribution in [1.82, 2.24) is 5.32 Å². The molecular weight excluding hydrogens is 693 g/mol. The van der Waals surface area contributed by atoms with Gasteiger partial charge in [0.25, 0.3) is 0 Å². The Labute approximate surface area is 311 Å². The normalized spacial score (nSPS) is 25.5. The first kappa shape index (κ1) is 48.5. The number of aliphatic hydroxyl groups is 7. The molecule has 1 fully saturated rings. The number of aliphatic hydroxyl groups excluding tert-OH is 7. The van der Waals surface area contributed by atoms with Gasteiger partial charge in [0.15, 0.2) is 0 Å². The Hall–Kier alpha value is -1.48. The van der Waals surface area contributed by atoms with E-state index >= 15 is 0 Å². The monoisotopic (exact) mass is 763 g/mol. The van der Waals surface area contributed by atoms with Crippen LogP contribution in [0.15, 0.2) is 36.5 Å². The molecule has 9 N–H and O–H groups in total. The molecule has 8 atom stereocenters. The molecule has 0 aromatic heterocycles. The fraction of sp³-hybridized carbons (Fsp3) is 0.816. The Bertz CT molecular complexity index is 1040. The summed E-state index contributed by atoms with van der Waals surface area (Å²) < 4.78 is 22.7. The van der Waals surface area contributed by atoms with Crippen molar-refractivity contribution in [2.24, 2.45) is 0 Å².